The number of amides is 1. The molecular formula is C21H22FN3O2S. The van der Waals surface area contributed by atoms with Crippen LogP contribution in [-0.4, -0.2) is 40.3 Å². The molecular weight excluding hydrogens is 377 g/mol. The van der Waals surface area contributed by atoms with Crippen LogP contribution in [0.4, 0.5) is 4.39 Å². The Balaban J connectivity index is 1.66. The van der Waals surface area contributed by atoms with Crippen LogP contribution in [0.3, 0.4) is 0 Å². The van der Waals surface area contributed by atoms with Gasteiger partial charge in [0.2, 0.25) is 5.91 Å². The fourth-order valence-electron chi connectivity index (χ4n) is 2.76. The van der Waals surface area contributed by atoms with Crippen molar-refractivity contribution in [2.24, 2.45) is 0 Å². The highest BCUT2D eigenvalue weighted by Gasteiger charge is 2.18. The molecule has 0 spiro atoms. The Kier molecular flexibility index (Phi) is 6.36. The van der Waals surface area contributed by atoms with Crippen molar-refractivity contribution in [3.05, 3.63) is 72.3 Å². The molecule has 146 valence electrons. The van der Waals surface area contributed by atoms with Gasteiger partial charge in [-0.05, 0) is 36.8 Å². The Labute approximate surface area is 168 Å². The smallest absolute Gasteiger partial charge is 0.233 e. The van der Waals surface area contributed by atoms with Crippen LogP contribution in [-0.2, 0) is 4.79 Å². The molecule has 1 amide bonds. The average molecular weight is 399 g/mol. The van der Waals surface area contributed by atoms with Crippen LogP contribution in [0.2, 0.25) is 0 Å². The van der Waals surface area contributed by atoms with Gasteiger partial charge in [0.25, 0.3) is 0 Å². The molecule has 7 heteroatoms. The Morgan fingerprint density at radius 1 is 1.29 bits per heavy atom. The quantitative estimate of drug-likeness (QED) is 0.555. The predicted octanol–water partition coefficient (Wildman–Crippen LogP) is 4.33. The van der Waals surface area contributed by atoms with E-state index in [9.17, 15) is 9.18 Å². The minimum atomic E-state index is -0.287. The topological polar surface area (TPSA) is 47.4 Å². The van der Waals surface area contributed by atoms with Crippen molar-refractivity contribution in [3.63, 3.8) is 0 Å². The number of ether oxygens (including phenoxy) is 1. The second kappa shape index (κ2) is 8.93. The van der Waals surface area contributed by atoms with Crippen molar-refractivity contribution in [1.29, 1.82) is 0 Å². The SMILES string of the molecule is COc1cccc(-n2ccnc2SCC(=O)N(C)C(C)c2ccc(F)cc2)c1. The normalized spacial score (nSPS) is 11.9. The Hall–Kier alpha value is -2.80. The van der Waals surface area contributed by atoms with E-state index in [1.54, 1.807) is 37.4 Å². The molecule has 0 radical (unpaired) electrons. The summed E-state index contributed by atoms with van der Waals surface area (Å²) < 4.78 is 20.3. The van der Waals surface area contributed by atoms with E-state index in [2.05, 4.69) is 4.98 Å². The summed E-state index contributed by atoms with van der Waals surface area (Å²) in [5.74, 6) is 0.696. The van der Waals surface area contributed by atoms with Crippen LogP contribution in [0.25, 0.3) is 5.69 Å². The van der Waals surface area contributed by atoms with Crippen molar-refractivity contribution in [1.82, 2.24) is 14.5 Å². The van der Waals surface area contributed by atoms with E-state index in [0.29, 0.717) is 0 Å². The average Bonchev–Trinajstić information content (AvgIpc) is 3.20. The lowest BCUT2D eigenvalue weighted by Crippen LogP contribution is -2.31. The van der Waals surface area contributed by atoms with Crippen LogP contribution >= 0.6 is 11.8 Å². The van der Waals surface area contributed by atoms with Gasteiger partial charge in [0.15, 0.2) is 5.16 Å². The third-order valence-electron chi connectivity index (χ3n) is 4.59. The molecule has 1 heterocycles. The molecule has 0 aliphatic carbocycles. The van der Waals surface area contributed by atoms with Crippen LogP contribution in [0.1, 0.15) is 18.5 Å². The number of carbonyl (C=O) groups is 1. The molecule has 28 heavy (non-hydrogen) atoms. The van der Waals surface area contributed by atoms with E-state index in [0.717, 1.165) is 22.2 Å². The third kappa shape index (κ3) is 4.54. The van der Waals surface area contributed by atoms with E-state index in [1.165, 1.54) is 23.9 Å². The summed E-state index contributed by atoms with van der Waals surface area (Å²) in [6, 6.07) is 13.7. The third-order valence-corrected chi connectivity index (χ3v) is 5.54. The van der Waals surface area contributed by atoms with E-state index in [1.807, 2.05) is 42.0 Å². The molecule has 3 aromatic rings. The molecule has 0 N–H and O–H groups in total. The summed E-state index contributed by atoms with van der Waals surface area (Å²) in [5, 5.41) is 0.726. The van der Waals surface area contributed by atoms with Gasteiger partial charge in [-0.2, -0.15) is 0 Å². The summed E-state index contributed by atoms with van der Waals surface area (Å²) >= 11 is 1.37. The molecule has 0 fully saturated rings. The number of hydrogen-bond donors (Lipinski definition) is 0. The lowest BCUT2D eigenvalue weighted by molar-refractivity contribution is -0.128. The molecule has 1 aromatic heterocycles. The van der Waals surface area contributed by atoms with Crippen molar-refractivity contribution >= 4 is 17.7 Å². The van der Waals surface area contributed by atoms with Gasteiger partial charge in [0.05, 0.1) is 24.6 Å². The second-order valence-corrected chi connectivity index (χ2v) is 7.24. The molecule has 0 bridgehead atoms. The van der Waals surface area contributed by atoms with Gasteiger partial charge < -0.3 is 9.64 Å². The number of thioether (sulfide) groups is 1. The molecule has 2 aromatic carbocycles. The molecule has 1 atom stereocenters. The highest BCUT2D eigenvalue weighted by Crippen LogP contribution is 2.25. The first-order chi connectivity index (χ1) is 13.5. The first-order valence-corrected chi connectivity index (χ1v) is 9.80. The summed E-state index contributed by atoms with van der Waals surface area (Å²) in [7, 11) is 3.38. The number of hydrogen-bond acceptors (Lipinski definition) is 4. The predicted molar refractivity (Wildman–Crippen MR) is 108 cm³/mol. The number of rotatable bonds is 7. The van der Waals surface area contributed by atoms with E-state index >= 15 is 0 Å². The highest BCUT2D eigenvalue weighted by atomic mass is 32.2. The molecule has 1 unspecified atom stereocenters. The fraction of sp³-hybridized carbons (Fsp3) is 0.238. The Morgan fingerprint density at radius 2 is 2.04 bits per heavy atom. The number of aromatic nitrogens is 2. The lowest BCUT2D eigenvalue weighted by atomic mass is 10.1. The van der Waals surface area contributed by atoms with Crippen LogP contribution in [0, 0.1) is 5.82 Å². The minimum absolute atomic E-state index is 0.0259. The summed E-state index contributed by atoms with van der Waals surface area (Å²) in [6.07, 6.45) is 3.56. The molecule has 0 saturated carbocycles. The number of methoxy groups -OCH3 is 1. The van der Waals surface area contributed by atoms with Gasteiger partial charge in [-0.1, -0.05) is 30.0 Å². The van der Waals surface area contributed by atoms with Crippen molar-refractivity contribution in [2.45, 2.75) is 18.1 Å². The lowest BCUT2D eigenvalue weighted by Gasteiger charge is -2.25. The van der Waals surface area contributed by atoms with Crippen LogP contribution < -0.4 is 4.74 Å². The summed E-state index contributed by atoms with van der Waals surface area (Å²) in [6.45, 7) is 1.92. The molecule has 5 nitrogen and oxygen atoms in total. The number of halogens is 1. The van der Waals surface area contributed by atoms with Gasteiger partial charge in [-0.25, -0.2) is 9.37 Å². The first-order valence-electron chi connectivity index (χ1n) is 8.81. The monoisotopic (exact) mass is 399 g/mol. The van der Waals surface area contributed by atoms with Gasteiger partial charge in [-0.3, -0.25) is 9.36 Å². The maximum Gasteiger partial charge on any atom is 0.233 e. The summed E-state index contributed by atoms with van der Waals surface area (Å²) in [4.78, 5) is 18.7. The van der Waals surface area contributed by atoms with E-state index in [-0.39, 0.29) is 23.5 Å². The number of imidazole rings is 1. The zero-order valence-corrected chi connectivity index (χ0v) is 16.8. The fourth-order valence-corrected chi connectivity index (χ4v) is 3.66. The Bertz CT molecular complexity index is 943. The molecule has 0 aliphatic heterocycles. The van der Waals surface area contributed by atoms with Gasteiger partial charge >= 0.3 is 0 Å². The molecule has 0 saturated heterocycles. The van der Waals surface area contributed by atoms with Crippen LogP contribution in [0.5, 0.6) is 5.75 Å². The highest BCUT2D eigenvalue weighted by molar-refractivity contribution is 7.99. The molecule has 3 rings (SSSR count). The first kappa shape index (κ1) is 19.9. The number of nitrogens with zero attached hydrogens (tertiary/aromatic N) is 3. The van der Waals surface area contributed by atoms with Crippen molar-refractivity contribution in [2.75, 3.05) is 19.9 Å². The zero-order valence-electron chi connectivity index (χ0n) is 16.0. The summed E-state index contributed by atoms with van der Waals surface area (Å²) in [5.41, 5.74) is 1.81. The van der Waals surface area contributed by atoms with Crippen molar-refractivity contribution < 1.29 is 13.9 Å². The minimum Gasteiger partial charge on any atom is -0.497 e. The maximum atomic E-state index is 13.1. The van der Waals surface area contributed by atoms with E-state index < -0.39 is 0 Å². The van der Waals surface area contributed by atoms with E-state index in [4.69, 9.17) is 4.74 Å². The van der Waals surface area contributed by atoms with Crippen molar-refractivity contribution in [3.8, 4) is 11.4 Å². The number of carbonyl (C=O) groups excluding carboxylic acids is 1. The maximum absolute atomic E-state index is 13.1. The molecule has 0 aliphatic rings. The number of benzene rings is 2. The Morgan fingerprint density at radius 3 is 2.75 bits per heavy atom. The second-order valence-electron chi connectivity index (χ2n) is 6.30. The standard InChI is InChI=1S/C21H22FN3O2S/c1-15(16-7-9-17(22)10-8-16)24(2)20(26)14-28-21-23-11-12-25(21)18-5-4-6-19(13-18)27-3/h4-13,15H,14H2,1-3H3. The zero-order chi connectivity index (χ0) is 20.1. The largest absolute Gasteiger partial charge is 0.497 e. The van der Waals surface area contributed by atoms with Gasteiger partial charge in [0.1, 0.15) is 11.6 Å². The van der Waals surface area contributed by atoms with Crippen LogP contribution in [0.15, 0.2) is 66.1 Å². The van der Waals surface area contributed by atoms with Gasteiger partial charge in [0, 0.05) is 25.5 Å². The van der Waals surface area contributed by atoms with Gasteiger partial charge in [-0.15, -0.1) is 0 Å².